The number of halogens is 2. The van der Waals surface area contributed by atoms with Crippen molar-refractivity contribution in [2.24, 2.45) is 0 Å². The first-order valence-corrected chi connectivity index (χ1v) is 7.84. The first kappa shape index (κ1) is 15.3. The van der Waals surface area contributed by atoms with E-state index < -0.39 is 0 Å². The minimum absolute atomic E-state index is 0.170. The van der Waals surface area contributed by atoms with Gasteiger partial charge < -0.3 is 0 Å². The van der Waals surface area contributed by atoms with E-state index in [9.17, 15) is 4.79 Å². The van der Waals surface area contributed by atoms with Crippen molar-refractivity contribution in [1.29, 1.82) is 0 Å². The van der Waals surface area contributed by atoms with Crippen molar-refractivity contribution < 1.29 is 4.79 Å². The predicted molar refractivity (Wildman–Crippen MR) is 85.7 cm³/mol. The summed E-state index contributed by atoms with van der Waals surface area (Å²) in [4.78, 5) is 20.8. The van der Waals surface area contributed by atoms with Crippen LogP contribution in [0.5, 0.6) is 0 Å². The minimum Gasteiger partial charge on any atom is -0.298 e. The topological polar surface area (TPSA) is 42.9 Å². The number of aromatic nitrogens is 2. The van der Waals surface area contributed by atoms with E-state index in [1.165, 1.54) is 0 Å². The van der Waals surface area contributed by atoms with Crippen LogP contribution in [0.15, 0.2) is 45.9 Å². The molecule has 0 saturated carbocycles. The van der Waals surface area contributed by atoms with Gasteiger partial charge in [-0.1, -0.05) is 13.8 Å². The van der Waals surface area contributed by atoms with E-state index in [1.54, 1.807) is 12.4 Å². The van der Waals surface area contributed by atoms with E-state index in [0.717, 1.165) is 20.3 Å². The second-order valence-electron chi connectivity index (χ2n) is 4.67. The van der Waals surface area contributed by atoms with Gasteiger partial charge in [-0.2, -0.15) is 0 Å². The van der Waals surface area contributed by atoms with Gasteiger partial charge in [0.25, 0.3) is 0 Å². The zero-order chi connectivity index (χ0) is 14.7. The lowest BCUT2D eigenvalue weighted by Gasteiger charge is -2.17. The monoisotopic (exact) mass is 396 g/mol. The van der Waals surface area contributed by atoms with Crippen LogP contribution < -0.4 is 0 Å². The lowest BCUT2D eigenvalue weighted by molar-refractivity contribution is -0.121. The van der Waals surface area contributed by atoms with Crippen molar-refractivity contribution in [2.45, 2.75) is 25.7 Å². The molecule has 2 aromatic rings. The Kier molecular flexibility index (Phi) is 5.05. The first-order valence-electron chi connectivity index (χ1n) is 6.25. The van der Waals surface area contributed by atoms with Crippen LogP contribution in [0.4, 0.5) is 0 Å². The van der Waals surface area contributed by atoms with Crippen LogP contribution in [0.2, 0.25) is 0 Å². The highest BCUT2D eigenvalue weighted by Crippen LogP contribution is 2.27. The van der Waals surface area contributed by atoms with Crippen LogP contribution in [-0.2, 0) is 4.79 Å². The molecule has 5 heteroatoms. The molecule has 0 aliphatic rings. The summed E-state index contributed by atoms with van der Waals surface area (Å²) in [5.41, 5.74) is 1.94. The molecule has 3 nitrogen and oxygen atoms in total. The molecular weight excluding hydrogens is 384 g/mol. The number of carbonyl (C=O) groups excluding carboxylic acids is 1. The Hall–Kier alpha value is -1.07. The van der Waals surface area contributed by atoms with E-state index in [0.29, 0.717) is 0 Å². The van der Waals surface area contributed by atoms with Gasteiger partial charge in [0.2, 0.25) is 0 Å². The number of ketones is 1. The smallest absolute Gasteiger partial charge is 0.147 e. The Balaban J connectivity index is 2.22. The molecule has 0 fully saturated rings. The van der Waals surface area contributed by atoms with Crippen LogP contribution in [0, 0.1) is 0 Å². The molecule has 2 unspecified atom stereocenters. The third kappa shape index (κ3) is 3.52. The predicted octanol–water partition coefficient (Wildman–Crippen LogP) is 4.48. The summed E-state index contributed by atoms with van der Waals surface area (Å²) in [6, 6.07) is 7.53. The number of rotatable bonds is 4. The van der Waals surface area contributed by atoms with Crippen LogP contribution >= 0.6 is 31.9 Å². The zero-order valence-corrected chi connectivity index (χ0v) is 14.3. The highest BCUT2D eigenvalue weighted by molar-refractivity contribution is 9.10. The van der Waals surface area contributed by atoms with Gasteiger partial charge in [0, 0.05) is 24.2 Å². The van der Waals surface area contributed by atoms with Crippen LogP contribution in [0.3, 0.4) is 0 Å². The lowest BCUT2D eigenvalue weighted by atomic mass is 9.86. The van der Waals surface area contributed by atoms with Gasteiger partial charge >= 0.3 is 0 Å². The largest absolute Gasteiger partial charge is 0.298 e. The molecule has 20 heavy (non-hydrogen) atoms. The Morgan fingerprint density at radius 1 is 0.950 bits per heavy atom. The van der Waals surface area contributed by atoms with Gasteiger partial charge in [-0.3, -0.25) is 4.79 Å². The Morgan fingerprint density at radius 2 is 1.35 bits per heavy atom. The average Bonchev–Trinajstić information content (AvgIpc) is 2.45. The molecule has 0 bridgehead atoms. The SMILES string of the molecule is CC(C(=O)C(C)c1ccnc(Br)c1)c1ccnc(Br)c1. The number of Topliss-reactive ketones (excluding diaryl/α,β-unsaturated/α-hetero) is 1. The van der Waals surface area contributed by atoms with Crippen molar-refractivity contribution in [3.63, 3.8) is 0 Å². The highest BCUT2D eigenvalue weighted by atomic mass is 79.9. The first-order chi connectivity index (χ1) is 9.49. The van der Waals surface area contributed by atoms with Gasteiger partial charge in [0.1, 0.15) is 15.0 Å². The summed E-state index contributed by atoms with van der Waals surface area (Å²) < 4.78 is 1.49. The third-order valence-corrected chi connectivity index (χ3v) is 4.22. The molecule has 104 valence electrons. The van der Waals surface area contributed by atoms with Crippen molar-refractivity contribution in [2.75, 3.05) is 0 Å². The van der Waals surface area contributed by atoms with Crippen molar-refractivity contribution >= 4 is 37.6 Å². The maximum atomic E-state index is 12.6. The maximum absolute atomic E-state index is 12.6. The molecular formula is C15H14Br2N2O. The average molecular weight is 398 g/mol. The minimum atomic E-state index is -0.170. The summed E-state index contributed by atoms with van der Waals surface area (Å²) in [6.07, 6.45) is 3.41. The molecule has 2 atom stereocenters. The molecule has 0 aliphatic heterocycles. The summed E-state index contributed by atoms with van der Waals surface area (Å²) in [5, 5.41) is 0. The highest BCUT2D eigenvalue weighted by Gasteiger charge is 2.23. The van der Waals surface area contributed by atoms with Crippen molar-refractivity contribution in [3.8, 4) is 0 Å². The molecule has 2 heterocycles. The zero-order valence-electron chi connectivity index (χ0n) is 11.2. The Labute approximate surface area is 135 Å². The van der Waals surface area contributed by atoms with Crippen molar-refractivity contribution in [1.82, 2.24) is 9.97 Å². The molecule has 2 rings (SSSR count). The van der Waals surface area contributed by atoms with E-state index in [4.69, 9.17) is 0 Å². The fourth-order valence-electron chi connectivity index (χ4n) is 2.08. The molecule has 0 saturated heterocycles. The Bertz CT molecular complexity index is 577. The van der Waals surface area contributed by atoms with Crippen LogP contribution in [0.25, 0.3) is 0 Å². The molecule has 0 amide bonds. The fourth-order valence-corrected chi connectivity index (χ4v) is 2.84. The van der Waals surface area contributed by atoms with E-state index in [-0.39, 0.29) is 17.6 Å². The second-order valence-corrected chi connectivity index (χ2v) is 6.29. The van der Waals surface area contributed by atoms with E-state index >= 15 is 0 Å². The fraction of sp³-hybridized carbons (Fsp3) is 0.267. The number of nitrogens with zero attached hydrogens (tertiary/aromatic N) is 2. The normalized spacial score (nSPS) is 13.8. The second kappa shape index (κ2) is 6.59. The quantitative estimate of drug-likeness (QED) is 0.714. The summed E-state index contributed by atoms with van der Waals surface area (Å²) in [6.45, 7) is 3.85. The molecule has 0 aromatic carbocycles. The number of hydrogen-bond acceptors (Lipinski definition) is 3. The molecule has 0 radical (unpaired) electrons. The number of hydrogen-bond donors (Lipinski definition) is 0. The number of carbonyl (C=O) groups is 1. The molecule has 2 aromatic heterocycles. The summed E-state index contributed by atoms with van der Waals surface area (Å²) in [5.74, 6) is -0.159. The summed E-state index contributed by atoms with van der Waals surface area (Å²) >= 11 is 6.67. The van der Waals surface area contributed by atoms with E-state index in [1.807, 2.05) is 38.1 Å². The standard InChI is InChI=1S/C15H14Br2N2O/c1-9(11-3-5-18-13(16)7-11)15(20)10(2)12-4-6-19-14(17)8-12/h3-10H,1-2H3. The molecule has 0 spiro atoms. The van der Waals surface area contributed by atoms with Gasteiger partial charge in [-0.15, -0.1) is 0 Å². The van der Waals surface area contributed by atoms with E-state index in [2.05, 4.69) is 41.8 Å². The maximum Gasteiger partial charge on any atom is 0.147 e. The van der Waals surface area contributed by atoms with Gasteiger partial charge in [-0.25, -0.2) is 9.97 Å². The molecule has 0 aliphatic carbocycles. The summed E-state index contributed by atoms with van der Waals surface area (Å²) in [7, 11) is 0. The number of pyridine rings is 2. The Morgan fingerprint density at radius 3 is 1.70 bits per heavy atom. The van der Waals surface area contributed by atoms with Crippen LogP contribution in [0.1, 0.15) is 36.8 Å². The van der Waals surface area contributed by atoms with Gasteiger partial charge in [-0.05, 0) is 67.3 Å². The lowest BCUT2D eigenvalue weighted by Crippen LogP contribution is -2.16. The van der Waals surface area contributed by atoms with Gasteiger partial charge in [0.05, 0.1) is 0 Å². The van der Waals surface area contributed by atoms with Crippen molar-refractivity contribution in [3.05, 3.63) is 57.0 Å². The third-order valence-electron chi connectivity index (χ3n) is 3.35. The van der Waals surface area contributed by atoms with Crippen LogP contribution in [-0.4, -0.2) is 15.8 Å². The molecule has 0 N–H and O–H groups in total. The van der Waals surface area contributed by atoms with Gasteiger partial charge in [0.15, 0.2) is 0 Å².